The molecule has 0 saturated carbocycles. The van der Waals surface area contributed by atoms with Crippen LogP contribution in [0.5, 0.6) is 17.2 Å². The van der Waals surface area contributed by atoms with Gasteiger partial charge in [0.25, 0.3) is 11.7 Å². The standard InChI is InChI=1S/C24H18BrNO7/c1-30-16-6-4-13(11-15(16)25)22(27)20-21(18-3-2-8-31-18)26(24(29)23(20)28)14-5-7-17-19(12-14)33-10-9-32-17/h2-8,11-12,21,27H,9-10H2,1H3/b22-20-. The number of halogens is 1. The molecule has 1 unspecified atom stereocenters. The van der Waals surface area contributed by atoms with Gasteiger partial charge >= 0.3 is 0 Å². The van der Waals surface area contributed by atoms with Gasteiger partial charge in [0.05, 0.1) is 23.4 Å². The number of carbonyl (C=O) groups excluding carboxylic acids is 2. The predicted octanol–water partition coefficient (Wildman–Crippen LogP) is 4.45. The van der Waals surface area contributed by atoms with Gasteiger partial charge in [0.1, 0.15) is 36.5 Å². The van der Waals surface area contributed by atoms with Gasteiger partial charge in [0, 0.05) is 17.3 Å². The number of carbonyl (C=O) groups is 2. The van der Waals surface area contributed by atoms with E-state index in [1.54, 1.807) is 48.5 Å². The molecular formula is C24H18BrNO7. The fourth-order valence-electron chi connectivity index (χ4n) is 3.97. The van der Waals surface area contributed by atoms with Crippen LogP contribution in [0.2, 0.25) is 0 Å². The van der Waals surface area contributed by atoms with E-state index < -0.39 is 17.7 Å². The van der Waals surface area contributed by atoms with Crippen LogP contribution in [-0.4, -0.2) is 37.1 Å². The summed E-state index contributed by atoms with van der Waals surface area (Å²) in [7, 11) is 1.52. The Labute approximate surface area is 197 Å². The minimum absolute atomic E-state index is 0.0816. The number of anilines is 1. The van der Waals surface area contributed by atoms with Gasteiger partial charge < -0.3 is 23.7 Å². The van der Waals surface area contributed by atoms with E-state index in [4.69, 9.17) is 18.6 Å². The van der Waals surface area contributed by atoms with Crippen LogP contribution in [0, 0.1) is 0 Å². The molecule has 2 aromatic carbocycles. The molecule has 0 bridgehead atoms. The van der Waals surface area contributed by atoms with Crippen LogP contribution >= 0.6 is 15.9 Å². The third kappa shape index (κ3) is 3.54. The molecule has 1 amide bonds. The van der Waals surface area contributed by atoms with Gasteiger partial charge in [-0.05, 0) is 58.4 Å². The summed E-state index contributed by atoms with van der Waals surface area (Å²) in [4.78, 5) is 27.6. The predicted molar refractivity (Wildman–Crippen MR) is 122 cm³/mol. The largest absolute Gasteiger partial charge is 0.507 e. The summed E-state index contributed by atoms with van der Waals surface area (Å²) >= 11 is 3.38. The van der Waals surface area contributed by atoms with Crippen LogP contribution in [0.1, 0.15) is 17.4 Å². The number of aliphatic hydroxyl groups excluding tert-OH is 1. The summed E-state index contributed by atoms with van der Waals surface area (Å²) < 4.78 is 22.6. The first-order valence-corrected chi connectivity index (χ1v) is 10.9. The smallest absolute Gasteiger partial charge is 0.300 e. The molecule has 1 N–H and O–H groups in total. The highest BCUT2D eigenvalue weighted by Gasteiger charge is 2.48. The second-order valence-corrected chi connectivity index (χ2v) is 8.22. The van der Waals surface area contributed by atoms with Crippen molar-refractivity contribution in [1.82, 2.24) is 0 Å². The number of methoxy groups -OCH3 is 1. The van der Waals surface area contributed by atoms with Crippen LogP contribution in [0.3, 0.4) is 0 Å². The van der Waals surface area contributed by atoms with Gasteiger partial charge in [-0.15, -0.1) is 0 Å². The number of benzene rings is 2. The number of ether oxygens (including phenoxy) is 3. The molecule has 5 rings (SSSR count). The van der Waals surface area contributed by atoms with Crippen molar-refractivity contribution < 1.29 is 33.3 Å². The summed E-state index contributed by atoms with van der Waals surface area (Å²) in [6, 6.07) is 12.2. The summed E-state index contributed by atoms with van der Waals surface area (Å²) in [5, 5.41) is 11.2. The molecule has 0 aliphatic carbocycles. The van der Waals surface area contributed by atoms with E-state index in [1.165, 1.54) is 18.3 Å². The number of amides is 1. The second-order valence-electron chi connectivity index (χ2n) is 7.36. The minimum atomic E-state index is -0.969. The molecule has 3 aromatic rings. The van der Waals surface area contributed by atoms with Gasteiger partial charge in [-0.2, -0.15) is 0 Å². The normalized spacial score (nSPS) is 19.1. The van der Waals surface area contributed by atoms with Gasteiger partial charge in [0.15, 0.2) is 11.5 Å². The summed E-state index contributed by atoms with van der Waals surface area (Å²) in [5.74, 6) is -0.0164. The van der Waals surface area contributed by atoms with E-state index in [2.05, 4.69) is 15.9 Å². The lowest BCUT2D eigenvalue weighted by atomic mass is 9.99. The summed E-state index contributed by atoms with van der Waals surface area (Å²) in [6.07, 6.45) is 1.45. The van der Waals surface area contributed by atoms with E-state index in [9.17, 15) is 14.7 Å². The number of Topliss-reactive ketones (excluding diaryl/α,β-unsaturated/α-hetero) is 1. The Kier molecular flexibility index (Phi) is 5.33. The van der Waals surface area contributed by atoms with Crippen LogP contribution in [-0.2, 0) is 9.59 Å². The summed E-state index contributed by atoms with van der Waals surface area (Å²) in [6.45, 7) is 0.809. The molecule has 0 spiro atoms. The van der Waals surface area contributed by atoms with Gasteiger partial charge in [-0.25, -0.2) is 0 Å². The Hall–Kier alpha value is -3.72. The number of fused-ring (bicyclic) bond motifs is 1. The monoisotopic (exact) mass is 511 g/mol. The molecule has 1 fully saturated rings. The van der Waals surface area contributed by atoms with Gasteiger partial charge in [-0.1, -0.05) is 0 Å². The number of hydrogen-bond acceptors (Lipinski definition) is 7. The van der Waals surface area contributed by atoms with Crippen molar-refractivity contribution in [2.75, 3.05) is 25.2 Å². The molecule has 8 nitrogen and oxygen atoms in total. The molecule has 1 aromatic heterocycles. The molecule has 0 radical (unpaired) electrons. The zero-order valence-corrected chi connectivity index (χ0v) is 19.0. The maximum absolute atomic E-state index is 13.2. The molecular weight excluding hydrogens is 494 g/mol. The van der Waals surface area contributed by atoms with Crippen LogP contribution in [0.15, 0.2) is 69.3 Å². The molecule has 33 heavy (non-hydrogen) atoms. The first-order valence-electron chi connectivity index (χ1n) is 10.1. The number of aliphatic hydroxyl groups is 1. The number of rotatable bonds is 4. The number of ketones is 1. The molecule has 1 atom stereocenters. The SMILES string of the molecule is COc1ccc(/C(O)=C2/C(=O)C(=O)N(c3ccc4c(c3)OCCO4)C2c2ccco2)cc1Br. The van der Waals surface area contributed by atoms with Crippen molar-refractivity contribution in [2.45, 2.75) is 6.04 Å². The van der Waals surface area contributed by atoms with E-state index >= 15 is 0 Å². The number of furan rings is 1. The minimum Gasteiger partial charge on any atom is -0.507 e. The Balaban J connectivity index is 1.66. The summed E-state index contributed by atoms with van der Waals surface area (Å²) in [5.41, 5.74) is 0.680. The van der Waals surface area contributed by atoms with Gasteiger partial charge in [0.2, 0.25) is 0 Å². The first kappa shape index (κ1) is 21.1. The Morgan fingerprint density at radius 2 is 1.88 bits per heavy atom. The van der Waals surface area contributed by atoms with Crippen molar-refractivity contribution >= 4 is 39.1 Å². The number of hydrogen-bond donors (Lipinski definition) is 1. The van der Waals surface area contributed by atoms with Crippen molar-refractivity contribution in [3.63, 3.8) is 0 Å². The average Bonchev–Trinajstić information content (AvgIpc) is 3.45. The molecule has 3 heterocycles. The maximum Gasteiger partial charge on any atom is 0.300 e. The molecule has 2 aliphatic heterocycles. The quantitative estimate of drug-likeness (QED) is 0.314. The first-order chi connectivity index (χ1) is 16.0. The van der Waals surface area contributed by atoms with Crippen LogP contribution < -0.4 is 19.1 Å². The lowest BCUT2D eigenvalue weighted by molar-refractivity contribution is -0.132. The van der Waals surface area contributed by atoms with Crippen LogP contribution in [0.4, 0.5) is 5.69 Å². The van der Waals surface area contributed by atoms with Crippen molar-refractivity contribution in [3.8, 4) is 17.2 Å². The topological polar surface area (TPSA) is 98.4 Å². The van der Waals surface area contributed by atoms with Gasteiger partial charge in [-0.3, -0.25) is 14.5 Å². The highest BCUT2D eigenvalue weighted by atomic mass is 79.9. The third-order valence-electron chi connectivity index (χ3n) is 5.49. The van der Waals surface area contributed by atoms with Crippen LogP contribution in [0.25, 0.3) is 5.76 Å². The van der Waals surface area contributed by atoms with Crippen molar-refractivity contribution in [1.29, 1.82) is 0 Å². The van der Waals surface area contributed by atoms with E-state index in [-0.39, 0.29) is 11.3 Å². The molecule has 9 heteroatoms. The van der Waals surface area contributed by atoms with E-state index in [0.29, 0.717) is 51.9 Å². The maximum atomic E-state index is 13.2. The number of nitrogens with zero attached hydrogens (tertiary/aromatic N) is 1. The Morgan fingerprint density at radius 1 is 1.09 bits per heavy atom. The lowest BCUT2D eigenvalue weighted by Crippen LogP contribution is -2.29. The molecule has 2 aliphatic rings. The fraction of sp³-hybridized carbons (Fsp3) is 0.167. The molecule has 168 valence electrons. The van der Waals surface area contributed by atoms with Crippen molar-refractivity contribution in [2.24, 2.45) is 0 Å². The van der Waals surface area contributed by atoms with E-state index in [0.717, 1.165) is 0 Å². The zero-order chi connectivity index (χ0) is 23.1. The second kappa shape index (κ2) is 8.32. The van der Waals surface area contributed by atoms with E-state index in [1.807, 2.05) is 0 Å². The highest BCUT2D eigenvalue weighted by Crippen LogP contribution is 2.45. The fourth-order valence-corrected chi connectivity index (χ4v) is 4.51. The zero-order valence-electron chi connectivity index (χ0n) is 17.4. The lowest BCUT2D eigenvalue weighted by Gasteiger charge is -2.25. The third-order valence-corrected chi connectivity index (χ3v) is 6.11. The Morgan fingerprint density at radius 3 is 2.58 bits per heavy atom. The average molecular weight is 512 g/mol. The Bertz CT molecular complexity index is 1280. The van der Waals surface area contributed by atoms with Crippen molar-refractivity contribution in [3.05, 3.63) is 76.2 Å². The molecule has 1 saturated heterocycles. The highest BCUT2D eigenvalue weighted by molar-refractivity contribution is 9.10.